The average molecular weight is 426 g/mol. The van der Waals surface area contributed by atoms with E-state index in [0.717, 1.165) is 5.69 Å². The Bertz CT molecular complexity index is 1060. The van der Waals surface area contributed by atoms with Crippen LogP contribution in [-0.2, 0) is 0 Å². The van der Waals surface area contributed by atoms with E-state index in [1.54, 1.807) is 43.9 Å². The monoisotopic (exact) mass is 426 g/mol. The van der Waals surface area contributed by atoms with Gasteiger partial charge in [-0.05, 0) is 30.3 Å². The number of ether oxygens (including phenoxy) is 2. The smallest absolute Gasteiger partial charge is 0.289 e. The third-order valence-electron chi connectivity index (χ3n) is 4.28. The maximum atomic E-state index is 12.4. The van der Waals surface area contributed by atoms with Gasteiger partial charge in [-0.3, -0.25) is 20.4 Å². The van der Waals surface area contributed by atoms with Crippen molar-refractivity contribution in [3.63, 3.8) is 0 Å². The maximum Gasteiger partial charge on any atom is 0.289 e. The molecule has 0 saturated heterocycles. The largest absolute Gasteiger partial charge is 0.493 e. The van der Waals surface area contributed by atoms with Crippen molar-refractivity contribution in [2.75, 3.05) is 33.2 Å². The lowest BCUT2D eigenvalue weighted by Crippen LogP contribution is -2.41. The van der Waals surface area contributed by atoms with Crippen molar-refractivity contribution in [2.24, 2.45) is 0 Å². The fraction of sp³-hybridized carbons (Fsp3) is 0.190. The van der Waals surface area contributed by atoms with Crippen molar-refractivity contribution in [3.8, 4) is 22.1 Å². The Balaban J connectivity index is 1.70. The summed E-state index contributed by atoms with van der Waals surface area (Å²) in [5, 5.41) is 2.21. The molecule has 156 valence electrons. The molecule has 0 unspecified atom stereocenters. The summed E-state index contributed by atoms with van der Waals surface area (Å²) in [6, 6.07) is 12.5. The van der Waals surface area contributed by atoms with Crippen molar-refractivity contribution in [1.29, 1.82) is 0 Å². The Morgan fingerprint density at radius 3 is 2.43 bits per heavy atom. The molecule has 9 heteroatoms. The highest BCUT2D eigenvalue weighted by Crippen LogP contribution is 2.38. The van der Waals surface area contributed by atoms with Crippen LogP contribution in [0.3, 0.4) is 0 Å². The lowest BCUT2D eigenvalue weighted by Gasteiger charge is -2.13. The zero-order valence-corrected chi connectivity index (χ0v) is 17.9. The van der Waals surface area contributed by atoms with E-state index in [2.05, 4.69) is 15.8 Å². The van der Waals surface area contributed by atoms with Crippen LogP contribution in [0, 0.1) is 0 Å². The van der Waals surface area contributed by atoms with Gasteiger partial charge in [-0.25, -0.2) is 4.98 Å². The minimum atomic E-state index is -0.517. The van der Waals surface area contributed by atoms with Crippen LogP contribution < -0.4 is 25.2 Å². The molecule has 0 radical (unpaired) electrons. The van der Waals surface area contributed by atoms with Crippen molar-refractivity contribution < 1.29 is 19.1 Å². The molecule has 1 aromatic heterocycles. The molecular formula is C21H22N4O4S. The van der Waals surface area contributed by atoms with Crippen molar-refractivity contribution in [3.05, 3.63) is 59.1 Å². The second kappa shape index (κ2) is 9.27. The summed E-state index contributed by atoms with van der Waals surface area (Å²) < 4.78 is 10.7. The van der Waals surface area contributed by atoms with Gasteiger partial charge in [-0.15, -0.1) is 11.3 Å². The van der Waals surface area contributed by atoms with E-state index in [0.29, 0.717) is 27.6 Å². The first-order valence-electron chi connectivity index (χ1n) is 8.99. The molecule has 0 aliphatic heterocycles. The number of benzene rings is 2. The highest BCUT2D eigenvalue weighted by molar-refractivity contribution is 7.13. The first-order valence-corrected chi connectivity index (χ1v) is 9.87. The minimum Gasteiger partial charge on any atom is -0.493 e. The SMILES string of the molecule is COc1cccc(-c2nc(C(=O)NNC(=O)c3cccc(N(C)C)c3)cs2)c1OC. The van der Waals surface area contributed by atoms with Gasteiger partial charge in [-0.2, -0.15) is 0 Å². The number of carbonyl (C=O) groups excluding carboxylic acids is 2. The van der Waals surface area contributed by atoms with Crippen LogP contribution >= 0.6 is 11.3 Å². The van der Waals surface area contributed by atoms with E-state index in [1.165, 1.54) is 11.3 Å². The van der Waals surface area contributed by atoms with Gasteiger partial charge in [0.15, 0.2) is 11.5 Å². The van der Waals surface area contributed by atoms with Gasteiger partial charge < -0.3 is 14.4 Å². The van der Waals surface area contributed by atoms with Crippen LogP contribution in [-0.4, -0.2) is 45.1 Å². The van der Waals surface area contributed by atoms with Gasteiger partial charge in [0.2, 0.25) is 0 Å². The average Bonchev–Trinajstić information content (AvgIpc) is 3.26. The van der Waals surface area contributed by atoms with Crippen LogP contribution in [0.15, 0.2) is 47.8 Å². The van der Waals surface area contributed by atoms with Crippen LogP contribution in [0.1, 0.15) is 20.8 Å². The first kappa shape index (κ1) is 21.1. The predicted molar refractivity (Wildman–Crippen MR) is 116 cm³/mol. The Kier molecular flexibility index (Phi) is 6.53. The molecule has 0 aliphatic carbocycles. The Morgan fingerprint density at radius 2 is 1.73 bits per heavy atom. The lowest BCUT2D eigenvalue weighted by atomic mass is 10.2. The number of nitrogens with zero attached hydrogens (tertiary/aromatic N) is 2. The molecule has 2 N–H and O–H groups in total. The second-order valence-electron chi connectivity index (χ2n) is 6.43. The van der Waals surface area contributed by atoms with Crippen molar-refractivity contribution in [2.45, 2.75) is 0 Å². The summed E-state index contributed by atoms with van der Waals surface area (Å²) in [7, 11) is 6.87. The second-order valence-corrected chi connectivity index (χ2v) is 7.29. The molecule has 8 nitrogen and oxygen atoms in total. The summed E-state index contributed by atoms with van der Waals surface area (Å²) in [5.74, 6) is 0.173. The normalized spacial score (nSPS) is 10.3. The zero-order chi connectivity index (χ0) is 21.7. The molecule has 3 rings (SSSR count). The summed E-state index contributed by atoms with van der Waals surface area (Å²) in [6.45, 7) is 0. The predicted octanol–water partition coefficient (Wildman–Crippen LogP) is 2.97. The zero-order valence-electron chi connectivity index (χ0n) is 17.1. The number of hydrogen-bond acceptors (Lipinski definition) is 7. The Morgan fingerprint density at radius 1 is 1.00 bits per heavy atom. The standard InChI is InChI=1S/C21H22N4O4S/c1-25(2)14-8-5-7-13(11-14)19(26)23-24-20(27)16-12-30-21(22-16)15-9-6-10-17(28-3)18(15)29-4/h5-12H,1-4H3,(H,23,26)(H,24,27). The lowest BCUT2D eigenvalue weighted by molar-refractivity contribution is 0.0844. The number of nitrogens with one attached hydrogen (secondary N) is 2. The summed E-state index contributed by atoms with van der Waals surface area (Å²) in [6.07, 6.45) is 0. The molecule has 3 aromatic rings. The number of amides is 2. The van der Waals surface area contributed by atoms with Crippen LogP contribution in [0.25, 0.3) is 10.6 Å². The number of hydrazine groups is 1. The van der Waals surface area contributed by atoms with Gasteiger partial charge in [0.1, 0.15) is 10.7 Å². The van der Waals surface area contributed by atoms with E-state index in [4.69, 9.17) is 9.47 Å². The fourth-order valence-corrected chi connectivity index (χ4v) is 3.55. The van der Waals surface area contributed by atoms with Gasteiger partial charge in [0.25, 0.3) is 11.8 Å². The minimum absolute atomic E-state index is 0.183. The van der Waals surface area contributed by atoms with E-state index in [1.807, 2.05) is 37.2 Å². The Labute approximate surface area is 178 Å². The highest BCUT2D eigenvalue weighted by atomic mass is 32.1. The molecular weight excluding hydrogens is 404 g/mol. The molecule has 2 amide bonds. The molecule has 30 heavy (non-hydrogen) atoms. The molecule has 0 bridgehead atoms. The van der Waals surface area contributed by atoms with Crippen LogP contribution in [0.5, 0.6) is 11.5 Å². The summed E-state index contributed by atoms with van der Waals surface area (Å²) >= 11 is 1.29. The summed E-state index contributed by atoms with van der Waals surface area (Å²) in [4.78, 5) is 31.0. The van der Waals surface area contributed by atoms with Gasteiger partial charge >= 0.3 is 0 Å². The van der Waals surface area contributed by atoms with Gasteiger partial charge in [-0.1, -0.05) is 12.1 Å². The fourth-order valence-electron chi connectivity index (χ4n) is 2.73. The number of carbonyl (C=O) groups is 2. The van der Waals surface area contributed by atoms with Crippen molar-refractivity contribution in [1.82, 2.24) is 15.8 Å². The molecule has 2 aromatic carbocycles. The highest BCUT2D eigenvalue weighted by Gasteiger charge is 2.18. The number of anilines is 1. The number of aromatic nitrogens is 1. The van der Waals surface area contributed by atoms with Crippen LogP contribution in [0.2, 0.25) is 0 Å². The summed E-state index contributed by atoms with van der Waals surface area (Å²) in [5.41, 5.74) is 7.02. The molecule has 0 spiro atoms. The molecule has 1 heterocycles. The molecule has 0 fully saturated rings. The topological polar surface area (TPSA) is 92.8 Å². The number of methoxy groups -OCH3 is 2. The molecule has 0 atom stereocenters. The Hall–Kier alpha value is -3.59. The van der Waals surface area contributed by atoms with E-state index in [9.17, 15) is 9.59 Å². The van der Waals surface area contributed by atoms with Gasteiger partial charge in [0, 0.05) is 30.7 Å². The number of rotatable bonds is 6. The maximum absolute atomic E-state index is 12.4. The van der Waals surface area contributed by atoms with E-state index in [-0.39, 0.29) is 5.69 Å². The van der Waals surface area contributed by atoms with Crippen molar-refractivity contribution >= 4 is 28.8 Å². The molecule has 0 saturated carbocycles. The number of para-hydroxylation sites is 1. The van der Waals surface area contributed by atoms with E-state index >= 15 is 0 Å². The third-order valence-corrected chi connectivity index (χ3v) is 5.16. The van der Waals surface area contributed by atoms with Crippen LogP contribution in [0.4, 0.5) is 5.69 Å². The quantitative estimate of drug-likeness (QED) is 0.589. The number of hydrogen-bond donors (Lipinski definition) is 2. The van der Waals surface area contributed by atoms with E-state index < -0.39 is 11.8 Å². The van der Waals surface area contributed by atoms with Gasteiger partial charge in [0.05, 0.1) is 19.8 Å². The third kappa shape index (κ3) is 4.52. The first-order chi connectivity index (χ1) is 14.4. The number of thiazole rings is 1. The molecule has 0 aliphatic rings.